The molecule has 0 aromatic heterocycles. The molecule has 0 amide bonds. The van der Waals surface area contributed by atoms with Gasteiger partial charge in [0.15, 0.2) is 0 Å². The van der Waals surface area contributed by atoms with E-state index in [-0.39, 0.29) is 0 Å². The van der Waals surface area contributed by atoms with E-state index >= 15 is 0 Å². The Morgan fingerprint density at radius 2 is 2.50 bits per heavy atom. The molecule has 0 spiro atoms. The number of nitrogens with one attached hydrogen (secondary N) is 1. The fraction of sp³-hybridized carbons (Fsp3) is 0.556. The lowest BCUT2D eigenvalue weighted by Gasteiger charge is -2.08. The van der Waals surface area contributed by atoms with E-state index in [1.165, 1.54) is 25.0 Å². The van der Waals surface area contributed by atoms with Crippen molar-refractivity contribution in [2.24, 2.45) is 0 Å². The summed E-state index contributed by atoms with van der Waals surface area (Å²) in [7, 11) is 0. The van der Waals surface area contributed by atoms with Gasteiger partial charge in [-0.1, -0.05) is 12.2 Å². The third-order valence-electron chi connectivity index (χ3n) is 2.21. The molecule has 1 nitrogen and oxygen atoms in total. The first-order valence-electron chi connectivity index (χ1n) is 4.01. The summed E-state index contributed by atoms with van der Waals surface area (Å²) in [5.41, 5.74) is 3.04. The van der Waals surface area contributed by atoms with Gasteiger partial charge in [-0.15, -0.1) is 0 Å². The van der Waals surface area contributed by atoms with Gasteiger partial charge >= 0.3 is 0 Å². The maximum atomic E-state index is 3.48. The molecule has 0 bridgehead atoms. The fourth-order valence-electron chi connectivity index (χ4n) is 1.75. The molecule has 0 saturated heterocycles. The lowest BCUT2D eigenvalue weighted by atomic mass is 10.0. The molecule has 2 aliphatic rings. The molecule has 1 aliphatic heterocycles. The summed E-state index contributed by atoms with van der Waals surface area (Å²) >= 11 is 0. The van der Waals surface area contributed by atoms with Crippen LogP contribution in [0.5, 0.6) is 0 Å². The highest BCUT2D eigenvalue weighted by Crippen LogP contribution is 2.26. The Kier molecular flexibility index (Phi) is 1.30. The van der Waals surface area contributed by atoms with Crippen molar-refractivity contribution in [2.45, 2.75) is 32.2 Å². The monoisotopic (exact) mass is 135 g/mol. The molecular formula is C9H13N. The zero-order chi connectivity index (χ0) is 6.97. The van der Waals surface area contributed by atoms with Gasteiger partial charge in [0.25, 0.3) is 0 Å². The van der Waals surface area contributed by atoms with Crippen molar-refractivity contribution in [1.29, 1.82) is 0 Å². The summed E-state index contributed by atoms with van der Waals surface area (Å²) in [5.74, 6) is 0. The second-order valence-electron chi connectivity index (χ2n) is 3.19. The molecule has 54 valence electrons. The summed E-state index contributed by atoms with van der Waals surface area (Å²) in [6.07, 6.45) is 8.23. The van der Waals surface area contributed by atoms with Gasteiger partial charge in [-0.2, -0.15) is 0 Å². The maximum absolute atomic E-state index is 3.48. The summed E-state index contributed by atoms with van der Waals surface area (Å²) in [4.78, 5) is 0. The van der Waals surface area contributed by atoms with Crippen molar-refractivity contribution in [3.63, 3.8) is 0 Å². The molecule has 1 heteroatoms. The molecule has 1 atom stereocenters. The molecule has 10 heavy (non-hydrogen) atoms. The molecule has 1 N–H and O–H groups in total. The van der Waals surface area contributed by atoms with Crippen LogP contribution in [-0.2, 0) is 0 Å². The molecule has 1 aliphatic carbocycles. The molecular weight excluding hydrogens is 122 g/mol. The van der Waals surface area contributed by atoms with Gasteiger partial charge in [-0.3, -0.25) is 0 Å². The smallest absolute Gasteiger partial charge is 0.0271 e. The van der Waals surface area contributed by atoms with Gasteiger partial charge in [0.1, 0.15) is 0 Å². The SMILES string of the molecule is CC1CC2=C(CCC=C2)N1. The molecule has 0 aromatic rings. The van der Waals surface area contributed by atoms with E-state index in [0.717, 1.165) is 0 Å². The number of rotatable bonds is 0. The Labute approximate surface area is 61.8 Å². The van der Waals surface area contributed by atoms with E-state index < -0.39 is 0 Å². The molecule has 0 radical (unpaired) electrons. The first-order valence-corrected chi connectivity index (χ1v) is 4.01. The Morgan fingerprint density at radius 1 is 1.60 bits per heavy atom. The molecule has 2 rings (SSSR count). The normalized spacial score (nSPS) is 30.3. The van der Waals surface area contributed by atoms with Crippen LogP contribution in [0.3, 0.4) is 0 Å². The number of hydrogen-bond donors (Lipinski definition) is 1. The van der Waals surface area contributed by atoms with Gasteiger partial charge in [0, 0.05) is 11.7 Å². The predicted molar refractivity (Wildman–Crippen MR) is 42.6 cm³/mol. The fourth-order valence-corrected chi connectivity index (χ4v) is 1.75. The average Bonchev–Trinajstić information content (AvgIpc) is 2.27. The van der Waals surface area contributed by atoms with E-state index in [0.29, 0.717) is 6.04 Å². The predicted octanol–water partition coefficient (Wildman–Crippen LogP) is 1.97. The molecule has 0 saturated carbocycles. The van der Waals surface area contributed by atoms with Crippen LogP contribution in [0.2, 0.25) is 0 Å². The Morgan fingerprint density at radius 3 is 3.30 bits per heavy atom. The zero-order valence-electron chi connectivity index (χ0n) is 6.35. The Bertz CT molecular complexity index is 201. The van der Waals surface area contributed by atoms with E-state index in [4.69, 9.17) is 0 Å². The highest BCUT2D eigenvalue weighted by molar-refractivity contribution is 5.33. The minimum Gasteiger partial charge on any atom is -0.385 e. The van der Waals surface area contributed by atoms with Crippen molar-refractivity contribution in [1.82, 2.24) is 5.32 Å². The maximum Gasteiger partial charge on any atom is 0.0271 e. The van der Waals surface area contributed by atoms with E-state index in [1.807, 2.05) is 0 Å². The third-order valence-corrected chi connectivity index (χ3v) is 2.21. The van der Waals surface area contributed by atoms with Crippen LogP contribution in [0.15, 0.2) is 23.4 Å². The summed E-state index contributed by atoms with van der Waals surface area (Å²) in [5, 5.41) is 3.48. The van der Waals surface area contributed by atoms with Crippen molar-refractivity contribution in [2.75, 3.05) is 0 Å². The van der Waals surface area contributed by atoms with Crippen molar-refractivity contribution >= 4 is 0 Å². The molecule has 1 heterocycles. The average molecular weight is 135 g/mol. The minimum atomic E-state index is 0.674. The highest BCUT2D eigenvalue weighted by Gasteiger charge is 2.18. The van der Waals surface area contributed by atoms with Crippen molar-refractivity contribution < 1.29 is 0 Å². The van der Waals surface area contributed by atoms with Crippen molar-refractivity contribution in [3.8, 4) is 0 Å². The lowest BCUT2D eigenvalue weighted by Crippen LogP contribution is -2.18. The van der Waals surface area contributed by atoms with Crippen LogP contribution in [0.25, 0.3) is 0 Å². The number of hydrogen-bond acceptors (Lipinski definition) is 1. The lowest BCUT2D eigenvalue weighted by molar-refractivity contribution is 0.654. The molecule has 0 fully saturated rings. The first kappa shape index (κ1) is 6.02. The van der Waals surface area contributed by atoms with Crippen LogP contribution in [0, 0.1) is 0 Å². The van der Waals surface area contributed by atoms with Gasteiger partial charge in [-0.05, 0) is 31.8 Å². The quantitative estimate of drug-likeness (QED) is 0.535. The summed E-state index contributed by atoms with van der Waals surface area (Å²) in [6.45, 7) is 2.24. The van der Waals surface area contributed by atoms with Crippen LogP contribution in [0.1, 0.15) is 26.2 Å². The van der Waals surface area contributed by atoms with Crippen LogP contribution in [0.4, 0.5) is 0 Å². The van der Waals surface area contributed by atoms with Gasteiger partial charge in [0.05, 0.1) is 0 Å². The first-order chi connectivity index (χ1) is 4.86. The van der Waals surface area contributed by atoms with E-state index in [9.17, 15) is 0 Å². The standard InChI is InChI=1S/C9H13N/c1-7-6-8-4-2-3-5-9(8)10-7/h2,4,7,10H,3,5-6H2,1H3. The Balaban J connectivity index is 2.21. The second-order valence-corrected chi connectivity index (χ2v) is 3.19. The largest absolute Gasteiger partial charge is 0.385 e. The van der Waals surface area contributed by atoms with Gasteiger partial charge < -0.3 is 5.32 Å². The molecule has 1 unspecified atom stereocenters. The van der Waals surface area contributed by atoms with Gasteiger partial charge in [0.2, 0.25) is 0 Å². The van der Waals surface area contributed by atoms with E-state index in [1.54, 1.807) is 5.57 Å². The van der Waals surface area contributed by atoms with Crippen LogP contribution >= 0.6 is 0 Å². The van der Waals surface area contributed by atoms with Gasteiger partial charge in [-0.25, -0.2) is 0 Å². The van der Waals surface area contributed by atoms with Crippen molar-refractivity contribution in [3.05, 3.63) is 23.4 Å². The zero-order valence-corrected chi connectivity index (χ0v) is 6.35. The molecule has 0 aromatic carbocycles. The third kappa shape index (κ3) is 0.859. The highest BCUT2D eigenvalue weighted by atomic mass is 14.9. The van der Waals surface area contributed by atoms with Crippen LogP contribution in [-0.4, -0.2) is 6.04 Å². The summed E-state index contributed by atoms with van der Waals surface area (Å²) in [6, 6.07) is 0.674. The second kappa shape index (κ2) is 2.15. The van der Waals surface area contributed by atoms with Crippen LogP contribution < -0.4 is 5.32 Å². The topological polar surface area (TPSA) is 12.0 Å². The summed E-state index contributed by atoms with van der Waals surface area (Å²) < 4.78 is 0. The Hall–Kier alpha value is -0.720. The number of allylic oxidation sites excluding steroid dienone is 3. The van der Waals surface area contributed by atoms with E-state index in [2.05, 4.69) is 24.4 Å². The minimum absolute atomic E-state index is 0.674.